The third-order valence-electron chi connectivity index (χ3n) is 5.17. The molecule has 0 aliphatic carbocycles. The third-order valence-corrected chi connectivity index (χ3v) is 5.17. The zero-order chi connectivity index (χ0) is 17.3. The summed E-state index contributed by atoms with van der Waals surface area (Å²) in [6.07, 6.45) is 1.36. The first-order chi connectivity index (χ1) is 11.5. The molecule has 0 spiro atoms. The van der Waals surface area contributed by atoms with Crippen molar-refractivity contribution in [3.05, 3.63) is 35.9 Å². The van der Waals surface area contributed by atoms with E-state index in [1.807, 2.05) is 30.3 Å². The van der Waals surface area contributed by atoms with Gasteiger partial charge < -0.3 is 14.9 Å². The fourth-order valence-corrected chi connectivity index (χ4v) is 3.80. The van der Waals surface area contributed by atoms with Gasteiger partial charge in [0.25, 0.3) is 0 Å². The van der Waals surface area contributed by atoms with Crippen LogP contribution in [0.5, 0.6) is 0 Å². The highest BCUT2D eigenvalue weighted by molar-refractivity contribution is 5.85. The van der Waals surface area contributed by atoms with Gasteiger partial charge in [-0.2, -0.15) is 0 Å². The van der Waals surface area contributed by atoms with E-state index in [2.05, 4.69) is 0 Å². The maximum Gasteiger partial charge on any atom is 0.308 e. The fraction of sp³-hybridized carbons (Fsp3) is 0.500. The van der Waals surface area contributed by atoms with Crippen LogP contribution in [0.2, 0.25) is 0 Å². The van der Waals surface area contributed by atoms with Gasteiger partial charge in [-0.1, -0.05) is 30.3 Å². The number of carboxylic acid groups (broad SMARTS) is 1. The van der Waals surface area contributed by atoms with Crippen molar-refractivity contribution < 1.29 is 19.5 Å². The van der Waals surface area contributed by atoms with Gasteiger partial charge in [-0.3, -0.25) is 14.4 Å². The van der Waals surface area contributed by atoms with Crippen LogP contribution < -0.4 is 0 Å². The molecule has 2 aliphatic rings. The topological polar surface area (TPSA) is 77.9 Å². The molecule has 0 saturated carbocycles. The molecule has 0 radical (unpaired) electrons. The van der Waals surface area contributed by atoms with Crippen LogP contribution in [-0.2, 0) is 14.4 Å². The van der Waals surface area contributed by atoms with Gasteiger partial charge in [-0.25, -0.2) is 0 Å². The lowest BCUT2D eigenvalue weighted by molar-refractivity contribution is -0.146. The predicted octanol–water partition coefficient (Wildman–Crippen LogP) is 1.53. The van der Waals surface area contributed by atoms with Gasteiger partial charge in [0, 0.05) is 26.6 Å². The molecule has 3 unspecified atom stereocenters. The molecular formula is C18H22N2O4. The smallest absolute Gasteiger partial charge is 0.308 e. The largest absolute Gasteiger partial charge is 0.481 e. The lowest BCUT2D eigenvalue weighted by atomic mass is 9.83. The molecule has 2 saturated heterocycles. The van der Waals surface area contributed by atoms with Crippen molar-refractivity contribution >= 4 is 17.8 Å². The second kappa shape index (κ2) is 6.63. The molecule has 1 N–H and O–H groups in total. The molecule has 2 aliphatic heterocycles. The summed E-state index contributed by atoms with van der Waals surface area (Å²) in [5.41, 5.74) is 0.945. The van der Waals surface area contributed by atoms with E-state index in [0.29, 0.717) is 25.8 Å². The highest BCUT2D eigenvalue weighted by Crippen LogP contribution is 2.37. The third kappa shape index (κ3) is 3.00. The maximum atomic E-state index is 13.0. The molecular weight excluding hydrogens is 308 g/mol. The molecule has 1 aromatic carbocycles. The summed E-state index contributed by atoms with van der Waals surface area (Å²) < 4.78 is 0. The van der Waals surface area contributed by atoms with Crippen LogP contribution in [0.15, 0.2) is 30.3 Å². The minimum Gasteiger partial charge on any atom is -0.481 e. The number of likely N-dealkylation sites (tertiary alicyclic amines) is 2. The van der Waals surface area contributed by atoms with E-state index in [0.717, 1.165) is 5.56 Å². The number of amides is 2. The molecule has 24 heavy (non-hydrogen) atoms. The highest BCUT2D eigenvalue weighted by atomic mass is 16.4. The molecule has 6 nitrogen and oxygen atoms in total. The molecule has 3 atom stereocenters. The summed E-state index contributed by atoms with van der Waals surface area (Å²) in [7, 11) is 1.74. The Kier molecular flexibility index (Phi) is 4.55. The van der Waals surface area contributed by atoms with Gasteiger partial charge >= 0.3 is 5.97 Å². The summed E-state index contributed by atoms with van der Waals surface area (Å²) in [4.78, 5) is 39.6. The summed E-state index contributed by atoms with van der Waals surface area (Å²) >= 11 is 0. The van der Waals surface area contributed by atoms with Gasteiger partial charge in [-0.15, -0.1) is 0 Å². The van der Waals surface area contributed by atoms with Crippen molar-refractivity contribution in [1.29, 1.82) is 0 Å². The molecule has 2 fully saturated rings. The number of benzene rings is 1. The van der Waals surface area contributed by atoms with Crippen molar-refractivity contribution in [2.75, 3.05) is 20.1 Å². The van der Waals surface area contributed by atoms with E-state index in [-0.39, 0.29) is 30.3 Å². The van der Waals surface area contributed by atoms with Gasteiger partial charge in [-0.05, 0) is 18.4 Å². The molecule has 0 aromatic heterocycles. The van der Waals surface area contributed by atoms with E-state index in [9.17, 15) is 14.4 Å². The van der Waals surface area contributed by atoms with E-state index in [1.165, 1.54) is 0 Å². The Balaban J connectivity index is 1.83. The van der Waals surface area contributed by atoms with Crippen molar-refractivity contribution in [1.82, 2.24) is 9.80 Å². The van der Waals surface area contributed by atoms with E-state index in [1.54, 1.807) is 16.8 Å². The van der Waals surface area contributed by atoms with Gasteiger partial charge in [0.15, 0.2) is 0 Å². The van der Waals surface area contributed by atoms with Crippen molar-refractivity contribution in [3.8, 4) is 0 Å². The summed E-state index contributed by atoms with van der Waals surface area (Å²) in [6.45, 7) is 0.745. The monoisotopic (exact) mass is 330 g/mol. The minimum absolute atomic E-state index is 0.0352. The minimum atomic E-state index is -0.846. The van der Waals surface area contributed by atoms with Gasteiger partial charge in [0.05, 0.1) is 17.9 Å². The molecule has 3 rings (SSSR count). The number of carbonyl (C=O) groups excluding carboxylic acids is 2. The highest BCUT2D eigenvalue weighted by Gasteiger charge is 2.42. The number of carbonyl (C=O) groups is 3. The SMILES string of the molecule is CN1C(=O)CCC(C(=O)N2CCC(C(=O)O)C2)C1c1ccccc1. The quantitative estimate of drug-likeness (QED) is 0.912. The molecule has 2 heterocycles. The number of carboxylic acids is 1. The summed E-state index contributed by atoms with van der Waals surface area (Å²) in [6, 6.07) is 9.29. The molecule has 1 aromatic rings. The number of rotatable bonds is 3. The van der Waals surface area contributed by atoms with Crippen molar-refractivity contribution in [2.24, 2.45) is 11.8 Å². The predicted molar refractivity (Wildman–Crippen MR) is 87.0 cm³/mol. The van der Waals surface area contributed by atoms with Crippen molar-refractivity contribution in [2.45, 2.75) is 25.3 Å². The Labute approximate surface area is 141 Å². The molecule has 128 valence electrons. The Morgan fingerprint density at radius 1 is 1.17 bits per heavy atom. The normalized spacial score (nSPS) is 27.4. The number of hydrogen-bond acceptors (Lipinski definition) is 3. The van der Waals surface area contributed by atoms with Crippen LogP contribution >= 0.6 is 0 Å². The van der Waals surface area contributed by atoms with Crippen LogP contribution in [0.4, 0.5) is 0 Å². The van der Waals surface area contributed by atoms with Crippen LogP contribution in [0.3, 0.4) is 0 Å². The number of aliphatic carboxylic acids is 1. The number of piperidine rings is 1. The molecule has 2 amide bonds. The molecule has 0 bridgehead atoms. The Morgan fingerprint density at radius 3 is 2.50 bits per heavy atom. The average molecular weight is 330 g/mol. The zero-order valence-electron chi connectivity index (χ0n) is 13.7. The number of nitrogens with zero attached hydrogens (tertiary/aromatic N) is 2. The zero-order valence-corrected chi connectivity index (χ0v) is 13.7. The first-order valence-electron chi connectivity index (χ1n) is 8.31. The van der Waals surface area contributed by atoms with Gasteiger partial charge in [0.2, 0.25) is 11.8 Å². The van der Waals surface area contributed by atoms with E-state index in [4.69, 9.17) is 5.11 Å². The lowest BCUT2D eigenvalue weighted by Crippen LogP contribution is -2.47. The number of hydrogen-bond donors (Lipinski definition) is 1. The second-order valence-corrected chi connectivity index (χ2v) is 6.61. The van der Waals surface area contributed by atoms with Crippen molar-refractivity contribution in [3.63, 3.8) is 0 Å². The molecule has 6 heteroatoms. The second-order valence-electron chi connectivity index (χ2n) is 6.61. The lowest BCUT2D eigenvalue weighted by Gasteiger charge is -2.40. The van der Waals surface area contributed by atoms with Crippen LogP contribution in [0.1, 0.15) is 30.9 Å². The fourth-order valence-electron chi connectivity index (χ4n) is 3.80. The first-order valence-corrected chi connectivity index (χ1v) is 8.31. The standard InChI is InChI=1S/C18H22N2O4/c1-19-15(21)8-7-14(16(19)12-5-3-2-4-6-12)17(22)20-10-9-13(11-20)18(23)24/h2-6,13-14,16H,7-11H2,1H3,(H,23,24). The summed E-state index contributed by atoms with van der Waals surface area (Å²) in [5.74, 6) is -1.64. The first kappa shape index (κ1) is 16.5. The maximum absolute atomic E-state index is 13.0. The van der Waals surface area contributed by atoms with Crippen LogP contribution in [0.25, 0.3) is 0 Å². The Hall–Kier alpha value is -2.37. The Bertz CT molecular complexity index is 646. The summed E-state index contributed by atoms with van der Waals surface area (Å²) in [5, 5.41) is 9.14. The van der Waals surface area contributed by atoms with Crippen LogP contribution in [-0.4, -0.2) is 52.8 Å². The van der Waals surface area contributed by atoms with E-state index < -0.39 is 11.9 Å². The average Bonchev–Trinajstić information content (AvgIpc) is 3.07. The Morgan fingerprint density at radius 2 is 1.88 bits per heavy atom. The van der Waals surface area contributed by atoms with Gasteiger partial charge in [0.1, 0.15) is 0 Å². The van der Waals surface area contributed by atoms with E-state index >= 15 is 0 Å². The van der Waals surface area contributed by atoms with Crippen LogP contribution in [0, 0.1) is 11.8 Å².